The van der Waals surface area contributed by atoms with Crippen LogP contribution < -0.4 is 4.74 Å². The molecular formula is C23H27N5O2S. The summed E-state index contributed by atoms with van der Waals surface area (Å²) in [7, 11) is 1.64. The maximum absolute atomic E-state index is 13.0. The molecule has 0 bridgehead atoms. The zero-order valence-electron chi connectivity index (χ0n) is 18.1. The lowest BCUT2D eigenvalue weighted by molar-refractivity contribution is -0.134. The number of piperidine rings is 1. The lowest BCUT2D eigenvalue weighted by atomic mass is 9.98. The van der Waals surface area contributed by atoms with Crippen LogP contribution in [-0.2, 0) is 4.79 Å². The van der Waals surface area contributed by atoms with Crippen LogP contribution in [0.25, 0.3) is 17.1 Å². The second-order valence-electron chi connectivity index (χ2n) is 7.79. The summed E-state index contributed by atoms with van der Waals surface area (Å²) in [5.41, 5.74) is 1.82. The number of ether oxygens (including phenoxy) is 1. The van der Waals surface area contributed by atoms with Crippen LogP contribution in [0.2, 0.25) is 0 Å². The zero-order chi connectivity index (χ0) is 21.8. The van der Waals surface area contributed by atoms with Crippen LogP contribution in [0.1, 0.15) is 33.1 Å². The van der Waals surface area contributed by atoms with E-state index in [-0.39, 0.29) is 18.0 Å². The van der Waals surface area contributed by atoms with Crippen LogP contribution in [0.5, 0.6) is 5.75 Å². The third-order valence-corrected chi connectivity index (χ3v) is 6.62. The molecule has 0 N–H and O–H groups in total. The van der Waals surface area contributed by atoms with Gasteiger partial charge in [-0.15, -0.1) is 10.2 Å². The van der Waals surface area contributed by atoms with E-state index >= 15 is 0 Å². The van der Waals surface area contributed by atoms with Gasteiger partial charge >= 0.3 is 0 Å². The molecule has 0 unspecified atom stereocenters. The second kappa shape index (κ2) is 9.51. The van der Waals surface area contributed by atoms with E-state index in [1.54, 1.807) is 19.5 Å². The first-order valence-corrected chi connectivity index (χ1v) is 11.5. The normalized spacial score (nSPS) is 18.7. The summed E-state index contributed by atoms with van der Waals surface area (Å²) in [5, 5.41) is 9.54. The smallest absolute Gasteiger partial charge is 0.233 e. The summed E-state index contributed by atoms with van der Waals surface area (Å²) in [5.74, 6) is 1.97. The van der Waals surface area contributed by atoms with Gasteiger partial charge in [0.25, 0.3) is 0 Å². The number of hydrogen-bond acceptors (Lipinski definition) is 6. The van der Waals surface area contributed by atoms with Crippen molar-refractivity contribution in [2.45, 2.75) is 50.4 Å². The molecule has 162 valence electrons. The fourth-order valence-corrected chi connectivity index (χ4v) is 4.95. The number of nitrogens with zero attached hydrogens (tertiary/aromatic N) is 5. The fraction of sp³-hybridized carbons (Fsp3) is 0.391. The van der Waals surface area contributed by atoms with Crippen molar-refractivity contribution >= 4 is 17.7 Å². The van der Waals surface area contributed by atoms with Crippen molar-refractivity contribution in [1.82, 2.24) is 24.6 Å². The molecule has 1 saturated heterocycles. The van der Waals surface area contributed by atoms with Crippen molar-refractivity contribution < 1.29 is 9.53 Å². The largest absolute Gasteiger partial charge is 0.497 e. The maximum atomic E-state index is 13.0. The van der Waals surface area contributed by atoms with Gasteiger partial charge in [-0.1, -0.05) is 11.8 Å². The van der Waals surface area contributed by atoms with Crippen molar-refractivity contribution in [2.75, 3.05) is 12.9 Å². The average Bonchev–Trinajstić information content (AvgIpc) is 3.22. The fourth-order valence-electron chi connectivity index (χ4n) is 4.13. The highest BCUT2D eigenvalue weighted by molar-refractivity contribution is 7.99. The van der Waals surface area contributed by atoms with E-state index < -0.39 is 0 Å². The van der Waals surface area contributed by atoms with E-state index in [2.05, 4.69) is 29.0 Å². The number of thioether (sulfide) groups is 1. The number of carbonyl (C=O) groups is 1. The van der Waals surface area contributed by atoms with Gasteiger partial charge < -0.3 is 9.64 Å². The summed E-state index contributed by atoms with van der Waals surface area (Å²) >= 11 is 1.42. The van der Waals surface area contributed by atoms with E-state index in [1.807, 2.05) is 45.9 Å². The van der Waals surface area contributed by atoms with Gasteiger partial charge in [0.15, 0.2) is 11.0 Å². The first-order chi connectivity index (χ1) is 15.1. The Balaban J connectivity index is 1.63. The molecule has 1 aromatic carbocycles. The van der Waals surface area contributed by atoms with Gasteiger partial charge in [-0.05, 0) is 69.5 Å². The molecule has 8 heteroatoms. The van der Waals surface area contributed by atoms with Gasteiger partial charge in [0.2, 0.25) is 5.91 Å². The van der Waals surface area contributed by atoms with Crippen molar-refractivity contribution in [3.05, 3.63) is 48.8 Å². The van der Waals surface area contributed by atoms with Crippen LogP contribution in [0, 0.1) is 0 Å². The molecule has 0 radical (unpaired) electrons. The van der Waals surface area contributed by atoms with Crippen molar-refractivity contribution in [1.29, 1.82) is 0 Å². The Labute approximate surface area is 186 Å². The Morgan fingerprint density at radius 1 is 1.06 bits per heavy atom. The molecule has 1 aliphatic rings. The van der Waals surface area contributed by atoms with Crippen LogP contribution in [0.15, 0.2) is 53.9 Å². The highest BCUT2D eigenvalue weighted by Crippen LogP contribution is 2.30. The molecule has 3 heterocycles. The number of rotatable bonds is 6. The third-order valence-electron chi connectivity index (χ3n) is 5.71. The Morgan fingerprint density at radius 3 is 2.39 bits per heavy atom. The van der Waals surface area contributed by atoms with Crippen molar-refractivity contribution in [3.8, 4) is 22.8 Å². The number of benzene rings is 1. The highest BCUT2D eigenvalue weighted by atomic mass is 32.2. The molecule has 31 heavy (non-hydrogen) atoms. The molecule has 2 aromatic heterocycles. The van der Waals surface area contributed by atoms with E-state index in [0.29, 0.717) is 16.7 Å². The topological polar surface area (TPSA) is 73.1 Å². The minimum absolute atomic E-state index is 0.152. The number of aromatic nitrogens is 4. The average molecular weight is 438 g/mol. The number of likely N-dealkylation sites (tertiary alicyclic amines) is 1. The molecule has 0 spiro atoms. The number of hydrogen-bond donors (Lipinski definition) is 0. The van der Waals surface area contributed by atoms with Crippen LogP contribution in [0.3, 0.4) is 0 Å². The highest BCUT2D eigenvalue weighted by Gasteiger charge is 2.29. The SMILES string of the molecule is COc1ccc(-n2c(SCC(=O)N3[C@@H](C)CCC[C@@H]3C)nnc2-c2ccncc2)cc1. The molecule has 3 aromatic rings. The lowest BCUT2D eigenvalue weighted by Crippen LogP contribution is -2.48. The molecule has 7 nitrogen and oxygen atoms in total. The third kappa shape index (κ3) is 4.58. The Bertz CT molecular complexity index is 1010. The molecule has 1 amide bonds. The minimum Gasteiger partial charge on any atom is -0.497 e. The quantitative estimate of drug-likeness (QED) is 0.538. The molecule has 1 aliphatic heterocycles. The van der Waals surface area contributed by atoms with Crippen LogP contribution >= 0.6 is 11.8 Å². The summed E-state index contributed by atoms with van der Waals surface area (Å²) in [4.78, 5) is 19.2. The number of methoxy groups -OCH3 is 1. The van der Waals surface area contributed by atoms with Crippen molar-refractivity contribution in [3.63, 3.8) is 0 Å². The number of pyridine rings is 1. The molecule has 4 rings (SSSR count). The maximum Gasteiger partial charge on any atom is 0.233 e. The molecular weight excluding hydrogens is 410 g/mol. The summed E-state index contributed by atoms with van der Waals surface area (Å²) in [6, 6.07) is 12.1. The summed E-state index contributed by atoms with van der Waals surface area (Å²) in [6.45, 7) is 4.28. The van der Waals surface area contributed by atoms with Gasteiger partial charge in [0.1, 0.15) is 5.75 Å². The Hall–Kier alpha value is -2.87. The second-order valence-corrected chi connectivity index (χ2v) is 8.74. The standard InChI is InChI=1S/C23H27N5O2S/c1-16-5-4-6-17(2)27(16)21(29)15-31-23-26-25-22(18-11-13-24-14-12-18)28(23)19-7-9-20(30-3)10-8-19/h7-14,16-17H,4-6,15H2,1-3H3/t16-,17-/m0/s1. The lowest BCUT2D eigenvalue weighted by Gasteiger charge is -2.39. The predicted octanol–water partition coefficient (Wildman–Crippen LogP) is 4.22. The van der Waals surface area contributed by atoms with Gasteiger partial charge in [-0.3, -0.25) is 14.3 Å². The summed E-state index contributed by atoms with van der Waals surface area (Å²) < 4.78 is 7.28. The predicted molar refractivity (Wildman–Crippen MR) is 121 cm³/mol. The monoisotopic (exact) mass is 437 g/mol. The van der Waals surface area contributed by atoms with Gasteiger partial charge in [0, 0.05) is 35.7 Å². The van der Waals surface area contributed by atoms with E-state index in [9.17, 15) is 4.79 Å². The first-order valence-electron chi connectivity index (χ1n) is 10.5. The molecule has 0 saturated carbocycles. The molecule has 0 aliphatic carbocycles. The van der Waals surface area contributed by atoms with Crippen LogP contribution in [-0.4, -0.2) is 55.5 Å². The van der Waals surface area contributed by atoms with Crippen LogP contribution in [0.4, 0.5) is 0 Å². The Kier molecular flexibility index (Phi) is 6.56. The van der Waals surface area contributed by atoms with E-state index in [4.69, 9.17) is 4.74 Å². The minimum atomic E-state index is 0.152. The van der Waals surface area contributed by atoms with E-state index in [1.165, 1.54) is 18.2 Å². The Morgan fingerprint density at radius 2 is 1.74 bits per heavy atom. The van der Waals surface area contributed by atoms with E-state index in [0.717, 1.165) is 29.8 Å². The summed E-state index contributed by atoms with van der Waals surface area (Å²) in [6.07, 6.45) is 6.78. The number of amides is 1. The number of carbonyl (C=O) groups excluding carboxylic acids is 1. The van der Waals surface area contributed by atoms with Gasteiger partial charge in [-0.25, -0.2) is 0 Å². The molecule has 2 atom stereocenters. The van der Waals surface area contributed by atoms with Gasteiger partial charge in [0.05, 0.1) is 12.9 Å². The molecule has 1 fully saturated rings. The zero-order valence-corrected chi connectivity index (χ0v) is 18.9. The van der Waals surface area contributed by atoms with Crippen molar-refractivity contribution in [2.24, 2.45) is 0 Å². The first kappa shape index (κ1) is 21.4. The van der Waals surface area contributed by atoms with Gasteiger partial charge in [-0.2, -0.15) is 0 Å².